The Labute approximate surface area is 123 Å². The highest BCUT2D eigenvalue weighted by atomic mass is 16.5. The van der Waals surface area contributed by atoms with E-state index in [0.717, 1.165) is 51.3 Å². The van der Waals surface area contributed by atoms with Crippen molar-refractivity contribution in [2.75, 3.05) is 39.5 Å². The van der Waals surface area contributed by atoms with Crippen molar-refractivity contribution < 1.29 is 4.74 Å². The molecule has 3 nitrogen and oxygen atoms in total. The predicted octanol–water partition coefficient (Wildman–Crippen LogP) is 2.79. The van der Waals surface area contributed by atoms with Crippen molar-refractivity contribution in [1.82, 2.24) is 9.80 Å². The molecule has 0 bridgehead atoms. The molecule has 0 atom stereocenters. The third-order valence-corrected chi connectivity index (χ3v) is 4.17. The summed E-state index contributed by atoms with van der Waals surface area (Å²) in [5, 5.41) is 0. The maximum Gasteiger partial charge on any atom is 0.142 e. The lowest BCUT2D eigenvalue weighted by molar-refractivity contribution is 0.0685. The number of nitrogens with zero attached hydrogens (tertiary/aromatic N) is 2. The summed E-state index contributed by atoms with van der Waals surface area (Å²) in [7, 11) is 0. The fourth-order valence-electron chi connectivity index (χ4n) is 2.62. The summed E-state index contributed by atoms with van der Waals surface area (Å²) in [4.78, 5) is 4.89. The average molecular weight is 276 g/mol. The Morgan fingerprint density at radius 3 is 1.90 bits per heavy atom. The Balaban J connectivity index is 1.87. The van der Waals surface area contributed by atoms with Crippen LogP contribution in [0.5, 0.6) is 5.75 Å². The van der Waals surface area contributed by atoms with E-state index in [4.69, 9.17) is 4.74 Å². The Bertz CT molecular complexity index is 389. The predicted molar refractivity (Wildman–Crippen MR) is 84.4 cm³/mol. The quantitative estimate of drug-likeness (QED) is 0.794. The molecule has 1 aromatic rings. The van der Waals surface area contributed by atoms with Gasteiger partial charge in [-0.05, 0) is 42.6 Å². The van der Waals surface area contributed by atoms with Crippen LogP contribution in [0.25, 0.3) is 0 Å². The van der Waals surface area contributed by atoms with E-state index in [1.165, 1.54) is 11.1 Å². The SMILES string of the molecule is CCc1cc(CC)cc(OCN2CCN(CC)CC2)c1. The molecule has 3 heteroatoms. The summed E-state index contributed by atoms with van der Waals surface area (Å²) in [5.74, 6) is 1.03. The number of likely N-dealkylation sites (N-methyl/N-ethyl adjacent to an activating group) is 1. The number of piperazine rings is 1. The molecule has 0 unspecified atom stereocenters. The molecule has 1 aromatic carbocycles. The van der Waals surface area contributed by atoms with E-state index in [2.05, 4.69) is 48.8 Å². The van der Waals surface area contributed by atoms with Gasteiger partial charge in [-0.15, -0.1) is 0 Å². The van der Waals surface area contributed by atoms with Gasteiger partial charge in [0, 0.05) is 26.2 Å². The molecule has 0 saturated carbocycles. The molecule has 0 N–H and O–H groups in total. The van der Waals surface area contributed by atoms with Gasteiger partial charge in [-0.2, -0.15) is 0 Å². The third-order valence-electron chi connectivity index (χ3n) is 4.17. The first-order chi connectivity index (χ1) is 9.75. The molecule has 0 radical (unpaired) electrons. The standard InChI is InChI=1S/C17H28N2O/c1-4-15-11-16(5-2)13-17(12-15)20-14-19-9-7-18(6-3)8-10-19/h11-13H,4-10,14H2,1-3H3. The zero-order valence-corrected chi connectivity index (χ0v) is 13.2. The van der Waals surface area contributed by atoms with Crippen LogP contribution in [0, 0.1) is 0 Å². The molecule has 1 saturated heterocycles. The maximum absolute atomic E-state index is 6.01. The molecule has 0 aromatic heterocycles. The zero-order chi connectivity index (χ0) is 14.4. The minimum atomic E-state index is 0.716. The van der Waals surface area contributed by atoms with Crippen molar-refractivity contribution in [1.29, 1.82) is 0 Å². The highest BCUT2D eigenvalue weighted by molar-refractivity contribution is 5.34. The van der Waals surface area contributed by atoms with Crippen molar-refractivity contribution in [2.45, 2.75) is 33.6 Å². The topological polar surface area (TPSA) is 15.7 Å². The second-order valence-corrected chi connectivity index (χ2v) is 5.52. The Morgan fingerprint density at radius 1 is 0.850 bits per heavy atom. The lowest BCUT2D eigenvalue weighted by atomic mass is 10.1. The van der Waals surface area contributed by atoms with E-state index in [1.54, 1.807) is 0 Å². The van der Waals surface area contributed by atoms with Gasteiger partial charge in [-0.25, -0.2) is 0 Å². The van der Waals surface area contributed by atoms with E-state index in [0.29, 0.717) is 6.73 Å². The molecular weight excluding hydrogens is 248 g/mol. The molecular formula is C17H28N2O. The van der Waals surface area contributed by atoms with Gasteiger partial charge in [0.2, 0.25) is 0 Å². The lowest BCUT2D eigenvalue weighted by Crippen LogP contribution is -2.47. The maximum atomic E-state index is 6.01. The van der Waals surface area contributed by atoms with E-state index in [9.17, 15) is 0 Å². The van der Waals surface area contributed by atoms with E-state index in [1.807, 2.05) is 0 Å². The van der Waals surface area contributed by atoms with Gasteiger partial charge in [0.05, 0.1) is 0 Å². The average Bonchev–Trinajstić information content (AvgIpc) is 2.53. The van der Waals surface area contributed by atoms with Crippen LogP contribution in [-0.4, -0.2) is 49.3 Å². The fraction of sp³-hybridized carbons (Fsp3) is 0.647. The monoisotopic (exact) mass is 276 g/mol. The summed E-state index contributed by atoms with van der Waals surface area (Å²) in [6.45, 7) is 13.1. The molecule has 0 spiro atoms. The van der Waals surface area contributed by atoms with Crippen LogP contribution in [0.4, 0.5) is 0 Å². The number of hydrogen-bond donors (Lipinski definition) is 0. The molecule has 1 heterocycles. The minimum Gasteiger partial charge on any atom is -0.478 e. The molecule has 1 aliphatic heterocycles. The van der Waals surface area contributed by atoms with Gasteiger partial charge in [-0.1, -0.05) is 26.8 Å². The number of aryl methyl sites for hydroxylation is 2. The van der Waals surface area contributed by atoms with Crippen LogP contribution in [-0.2, 0) is 12.8 Å². The lowest BCUT2D eigenvalue weighted by Gasteiger charge is -2.33. The molecule has 0 aliphatic carbocycles. The second-order valence-electron chi connectivity index (χ2n) is 5.52. The van der Waals surface area contributed by atoms with Crippen LogP contribution < -0.4 is 4.74 Å². The van der Waals surface area contributed by atoms with Crippen molar-refractivity contribution in [3.05, 3.63) is 29.3 Å². The van der Waals surface area contributed by atoms with Gasteiger partial charge >= 0.3 is 0 Å². The van der Waals surface area contributed by atoms with Gasteiger partial charge in [0.1, 0.15) is 12.5 Å². The zero-order valence-electron chi connectivity index (χ0n) is 13.2. The van der Waals surface area contributed by atoms with Crippen molar-refractivity contribution >= 4 is 0 Å². The first-order valence-electron chi connectivity index (χ1n) is 7.95. The summed E-state index contributed by atoms with van der Waals surface area (Å²) < 4.78 is 6.01. The highest BCUT2D eigenvalue weighted by Crippen LogP contribution is 2.19. The summed E-state index contributed by atoms with van der Waals surface area (Å²) in [5.41, 5.74) is 2.74. The first kappa shape index (κ1) is 15.3. The molecule has 20 heavy (non-hydrogen) atoms. The van der Waals surface area contributed by atoms with Crippen LogP contribution in [0.3, 0.4) is 0 Å². The van der Waals surface area contributed by atoms with E-state index >= 15 is 0 Å². The van der Waals surface area contributed by atoms with Crippen LogP contribution in [0.1, 0.15) is 31.9 Å². The third kappa shape index (κ3) is 4.22. The Morgan fingerprint density at radius 2 is 1.40 bits per heavy atom. The largest absolute Gasteiger partial charge is 0.478 e. The smallest absolute Gasteiger partial charge is 0.142 e. The minimum absolute atomic E-state index is 0.716. The summed E-state index contributed by atoms with van der Waals surface area (Å²) in [6, 6.07) is 6.65. The van der Waals surface area contributed by atoms with Crippen molar-refractivity contribution in [3.8, 4) is 5.75 Å². The van der Waals surface area contributed by atoms with E-state index < -0.39 is 0 Å². The molecule has 112 valence electrons. The van der Waals surface area contributed by atoms with Crippen LogP contribution >= 0.6 is 0 Å². The van der Waals surface area contributed by atoms with Crippen molar-refractivity contribution in [3.63, 3.8) is 0 Å². The number of rotatable bonds is 6. The number of hydrogen-bond acceptors (Lipinski definition) is 3. The number of benzene rings is 1. The van der Waals surface area contributed by atoms with Gasteiger partial charge in [0.25, 0.3) is 0 Å². The Kier molecular flexibility index (Phi) is 5.86. The molecule has 1 aliphatic rings. The van der Waals surface area contributed by atoms with Crippen LogP contribution in [0.15, 0.2) is 18.2 Å². The first-order valence-corrected chi connectivity index (χ1v) is 7.95. The van der Waals surface area contributed by atoms with Crippen LogP contribution in [0.2, 0.25) is 0 Å². The van der Waals surface area contributed by atoms with E-state index in [-0.39, 0.29) is 0 Å². The normalized spacial score (nSPS) is 17.4. The Hall–Kier alpha value is -1.06. The van der Waals surface area contributed by atoms with Gasteiger partial charge < -0.3 is 9.64 Å². The van der Waals surface area contributed by atoms with Crippen molar-refractivity contribution in [2.24, 2.45) is 0 Å². The molecule has 1 fully saturated rings. The molecule has 0 amide bonds. The second kappa shape index (κ2) is 7.65. The number of ether oxygens (including phenoxy) is 1. The van der Waals surface area contributed by atoms with Gasteiger partial charge in [0.15, 0.2) is 0 Å². The summed E-state index contributed by atoms with van der Waals surface area (Å²) in [6.07, 6.45) is 2.14. The molecule has 2 rings (SSSR count). The summed E-state index contributed by atoms with van der Waals surface area (Å²) >= 11 is 0. The van der Waals surface area contributed by atoms with Gasteiger partial charge in [-0.3, -0.25) is 4.90 Å². The fourth-order valence-corrected chi connectivity index (χ4v) is 2.62. The highest BCUT2D eigenvalue weighted by Gasteiger charge is 2.15.